The summed E-state index contributed by atoms with van der Waals surface area (Å²) in [5, 5.41) is 5.59. The van der Waals surface area contributed by atoms with Crippen LogP contribution in [0.5, 0.6) is 0 Å². The summed E-state index contributed by atoms with van der Waals surface area (Å²) in [7, 11) is 0. The van der Waals surface area contributed by atoms with E-state index in [-0.39, 0.29) is 5.91 Å². The van der Waals surface area contributed by atoms with Crippen molar-refractivity contribution >= 4 is 33.2 Å². The van der Waals surface area contributed by atoms with Gasteiger partial charge in [0.1, 0.15) is 0 Å². The largest absolute Gasteiger partial charge is 0.336 e. The highest BCUT2D eigenvalue weighted by Gasteiger charge is 2.37. The molecule has 2 saturated heterocycles. The molecule has 1 aromatic rings. The van der Waals surface area contributed by atoms with E-state index in [4.69, 9.17) is 0 Å². The Morgan fingerprint density at radius 3 is 2.68 bits per heavy atom. The third-order valence-electron chi connectivity index (χ3n) is 4.30. The van der Waals surface area contributed by atoms with Crippen molar-refractivity contribution in [2.24, 2.45) is 0 Å². The molecule has 2 bridgehead atoms. The summed E-state index contributed by atoms with van der Waals surface area (Å²) in [6.07, 6.45) is 4.77. The molecule has 5 heteroatoms. The van der Waals surface area contributed by atoms with E-state index in [0.29, 0.717) is 18.1 Å². The van der Waals surface area contributed by atoms with Crippen LogP contribution in [-0.2, 0) is 0 Å². The van der Waals surface area contributed by atoms with E-state index in [9.17, 15) is 4.79 Å². The van der Waals surface area contributed by atoms with Crippen molar-refractivity contribution in [3.8, 4) is 0 Å². The highest BCUT2D eigenvalue weighted by Crippen LogP contribution is 2.31. The highest BCUT2D eigenvalue weighted by molar-refractivity contribution is 9.11. The predicted molar refractivity (Wildman–Crippen MR) is 81.7 cm³/mol. The molecule has 3 rings (SSSR count). The Morgan fingerprint density at radius 1 is 1.47 bits per heavy atom. The second-order valence-electron chi connectivity index (χ2n) is 5.49. The maximum atomic E-state index is 12.6. The first kappa shape index (κ1) is 13.6. The molecule has 0 saturated carbocycles. The van der Waals surface area contributed by atoms with E-state index in [1.54, 1.807) is 11.3 Å². The topological polar surface area (TPSA) is 32.3 Å². The molecule has 104 valence electrons. The van der Waals surface area contributed by atoms with Crippen LogP contribution < -0.4 is 5.32 Å². The van der Waals surface area contributed by atoms with Gasteiger partial charge >= 0.3 is 0 Å². The van der Waals surface area contributed by atoms with Gasteiger partial charge in [0.05, 0.1) is 9.35 Å². The maximum Gasteiger partial charge on any atom is 0.254 e. The van der Waals surface area contributed by atoms with Gasteiger partial charge in [-0.15, -0.1) is 11.3 Å². The van der Waals surface area contributed by atoms with Gasteiger partial charge in [-0.25, -0.2) is 0 Å². The van der Waals surface area contributed by atoms with Crippen LogP contribution in [0.4, 0.5) is 0 Å². The second kappa shape index (κ2) is 5.54. The first-order valence-corrected chi connectivity index (χ1v) is 8.65. The Bertz CT molecular complexity index is 464. The number of carbonyl (C=O) groups is 1. The van der Waals surface area contributed by atoms with Crippen LogP contribution in [0.15, 0.2) is 15.2 Å². The molecule has 2 fully saturated rings. The fourth-order valence-corrected chi connectivity index (χ4v) is 4.57. The minimum Gasteiger partial charge on any atom is -0.336 e. The molecule has 0 spiro atoms. The van der Waals surface area contributed by atoms with E-state index in [1.165, 1.54) is 12.8 Å². The Morgan fingerprint density at radius 2 is 2.16 bits per heavy atom. The van der Waals surface area contributed by atoms with Crippen molar-refractivity contribution in [3.63, 3.8) is 0 Å². The van der Waals surface area contributed by atoms with E-state index in [2.05, 4.69) is 33.1 Å². The third kappa shape index (κ3) is 2.73. The predicted octanol–water partition coefficient (Wildman–Crippen LogP) is 3.26. The maximum absolute atomic E-state index is 12.6. The van der Waals surface area contributed by atoms with Crippen LogP contribution in [0.25, 0.3) is 0 Å². The number of fused-ring (bicyclic) bond motifs is 2. The fourth-order valence-electron chi connectivity index (χ4n) is 3.44. The van der Waals surface area contributed by atoms with Crippen LogP contribution in [0.3, 0.4) is 0 Å². The molecule has 0 aliphatic carbocycles. The zero-order valence-electron chi connectivity index (χ0n) is 11.1. The van der Waals surface area contributed by atoms with E-state index >= 15 is 0 Å². The number of thiophene rings is 1. The van der Waals surface area contributed by atoms with Crippen LogP contribution in [0, 0.1) is 0 Å². The Balaban J connectivity index is 1.75. The summed E-state index contributed by atoms with van der Waals surface area (Å²) < 4.78 is 1.03. The van der Waals surface area contributed by atoms with Gasteiger partial charge in [0.2, 0.25) is 0 Å². The number of carbonyl (C=O) groups excluding carboxylic acids is 1. The number of rotatable bonds is 3. The number of nitrogens with zero attached hydrogens (tertiary/aromatic N) is 1. The fraction of sp³-hybridized carbons (Fsp3) is 0.643. The minimum atomic E-state index is 0.191. The van der Waals surface area contributed by atoms with Gasteiger partial charge in [-0.05, 0) is 54.6 Å². The molecule has 2 aliphatic heterocycles. The van der Waals surface area contributed by atoms with Gasteiger partial charge in [-0.3, -0.25) is 4.79 Å². The lowest BCUT2D eigenvalue weighted by Crippen LogP contribution is -2.50. The molecule has 2 unspecified atom stereocenters. The first-order valence-electron chi connectivity index (χ1n) is 6.98. The molecule has 3 heterocycles. The summed E-state index contributed by atoms with van der Waals surface area (Å²) in [4.78, 5) is 14.7. The summed E-state index contributed by atoms with van der Waals surface area (Å²) in [6, 6.07) is 3.60. The molecule has 0 aromatic carbocycles. The van der Waals surface area contributed by atoms with Crippen molar-refractivity contribution in [2.75, 3.05) is 6.54 Å². The Kier molecular flexibility index (Phi) is 3.96. The molecule has 0 radical (unpaired) electrons. The number of hydrogen-bond donors (Lipinski definition) is 1. The van der Waals surface area contributed by atoms with E-state index in [1.807, 2.05) is 11.4 Å². The third-order valence-corrected chi connectivity index (χ3v) is 5.81. The number of nitrogens with one attached hydrogen (secondary N) is 1. The monoisotopic (exact) mass is 342 g/mol. The number of halogens is 1. The van der Waals surface area contributed by atoms with Crippen LogP contribution in [0.1, 0.15) is 43.0 Å². The minimum absolute atomic E-state index is 0.191. The van der Waals surface area contributed by atoms with Gasteiger partial charge in [-0.2, -0.15) is 0 Å². The summed E-state index contributed by atoms with van der Waals surface area (Å²) in [6.45, 7) is 2.89. The highest BCUT2D eigenvalue weighted by atomic mass is 79.9. The lowest BCUT2D eigenvalue weighted by molar-refractivity contribution is 0.0631. The van der Waals surface area contributed by atoms with Gasteiger partial charge in [0, 0.05) is 30.1 Å². The van der Waals surface area contributed by atoms with Crippen molar-refractivity contribution < 1.29 is 4.79 Å². The molecule has 19 heavy (non-hydrogen) atoms. The zero-order chi connectivity index (χ0) is 13.4. The average molecular weight is 343 g/mol. The van der Waals surface area contributed by atoms with Gasteiger partial charge in [0.15, 0.2) is 0 Å². The lowest BCUT2D eigenvalue weighted by Gasteiger charge is -2.37. The second-order valence-corrected chi connectivity index (χ2v) is 7.78. The number of amides is 1. The van der Waals surface area contributed by atoms with E-state index in [0.717, 1.165) is 28.7 Å². The van der Waals surface area contributed by atoms with Crippen LogP contribution in [-0.4, -0.2) is 35.5 Å². The summed E-state index contributed by atoms with van der Waals surface area (Å²) >= 11 is 5.01. The van der Waals surface area contributed by atoms with Crippen LogP contribution >= 0.6 is 27.3 Å². The average Bonchev–Trinajstić information content (AvgIpc) is 2.97. The van der Waals surface area contributed by atoms with Crippen molar-refractivity contribution in [2.45, 2.75) is 50.7 Å². The molecule has 1 amide bonds. The molecule has 3 nitrogen and oxygen atoms in total. The normalized spacial score (nSPS) is 29.5. The summed E-state index contributed by atoms with van der Waals surface area (Å²) in [5.74, 6) is 0.191. The lowest BCUT2D eigenvalue weighted by atomic mass is 9.97. The number of piperidine rings is 1. The molecule has 2 atom stereocenters. The molecule has 1 aromatic heterocycles. The Labute approximate surface area is 126 Å². The van der Waals surface area contributed by atoms with Crippen LogP contribution in [0.2, 0.25) is 0 Å². The van der Waals surface area contributed by atoms with Crippen molar-refractivity contribution in [1.82, 2.24) is 10.2 Å². The SMILES string of the molecule is CCN(C(=O)c1csc(Br)c1)C1CC2CCC(C1)N2. The van der Waals surface area contributed by atoms with Gasteiger partial charge in [0.25, 0.3) is 5.91 Å². The van der Waals surface area contributed by atoms with Gasteiger partial charge < -0.3 is 10.2 Å². The van der Waals surface area contributed by atoms with Crippen molar-refractivity contribution in [1.29, 1.82) is 0 Å². The summed E-state index contributed by atoms with van der Waals surface area (Å²) in [5.41, 5.74) is 0.824. The first-order chi connectivity index (χ1) is 9.17. The molecule has 1 N–H and O–H groups in total. The van der Waals surface area contributed by atoms with Crippen molar-refractivity contribution in [3.05, 3.63) is 20.8 Å². The van der Waals surface area contributed by atoms with Gasteiger partial charge in [-0.1, -0.05) is 0 Å². The zero-order valence-corrected chi connectivity index (χ0v) is 13.5. The Hall–Kier alpha value is -0.390. The quantitative estimate of drug-likeness (QED) is 0.914. The molecule has 2 aliphatic rings. The van der Waals surface area contributed by atoms with E-state index < -0.39 is 0 Å². The number of hydrogen-bond acceptors (Lipinski definition) is 3. The molecular formula is C14H19BrN2OS. The standard InChI is InChI=1S/C14H19BrN2OS/c1-2-17(14(18)9-5-13(15)19-8-9)12-6-10-3-4-11(7-12)16-10/h5,8,10-12,16H,2-4,6-7H2,1H3. The smallest absolute Gasteiger partial charge is 0.254 e. The molecular weight excluding hydrogens is 324 g/mol.